The standard InChI is InChI=1S/C25H22FN3OS2/c26-16-9-11-17(12-10-16)27-25(30)29-15-19-18-5-1-2-7-21(18)32-24(19)28-13-3-6-20(28)23(29)22-8-4-14-31-22/h3-4,6,8-14,23H,1-2,5,7,15H2,(H,27,30)/t23-/m1/s1. The van der Waals surface area contributed by atoms with Crippen molar-refractivity contribution in [2.24, 2.45) is 0 Å². The monoisotopic (exact) mass is 463 g/mol. The first-order valence-corrected chi connectivity index (χ1v) is 12.6. The number of halogens is 1. The van der Waals surface area contributed by atoms with E-state index in [0.717, 1.165) is 23.4 Å². The summed E-state index contributed by atoms with van der Waals surface area (Å²) in [7, 11) is 0. The molecule has 162 valence electrons. The van der Waals surface area contributed by atoms with Crippen LogP contribution in [-0.4, -0.2) is 15.5 Å². The first-order valence-electron chi connectivity index (χ1n) is 10.9. The summed E-state index contributed by atoms with van der Waals surface area (Å²) in [5.74, 6) is -0.318. The second-order valence-electron chi connectivity index (χ2n) is 8.28. The Morgan fingerprint density at radius 1 is 1.03 bits per heavy atom. The van der Waals surface area contributed by atoms with Crippen LogP contribution in [0.2, 0.25) is 0 Å². The van der Waals surface area contributed by atoms with Crippen molar-refractivity contribution in [3.8, 4) is 5.00 Å². The molecule has 0 saturated heterocycles. The molecular weight excluding hydrogens is 441 g/mol. The highest BCUT2D eigenvalue weighted by molar-refractivity contribution is 7.15. The van der Waals surface area contributed by atoms with Crippen LogP contribution in [0.4, 0.5) is 14.9 Å². The van der Waals surface area contributed by atoms with Gasteiger partial charge in [0.1, 0.15) is 16.9 Å². The van der Waals surface area contributed by atoms with Crippen molar-refractivity contribution in [1.82, 2.24) is 9.47 Å². The maximum Gasteiger partial charge on any atom is 0.323 e. The quantitative estimate of drug-likeness (QED) is 0.351. The number of rotatable bonds is 2. The van der Waals surface area contributed by atoms with Crippen LogP contribution >= 0.6 is 22.7 Å². The maximum absolute atomic E-state index is 13.7. The molecule has 0 radical (unpaired) electrons. The molecule has 1 aliphatic heterocycles. The van der Waals surface area contributed by atoms with E-state index in [1.165, 1.54) is 46.0 Å². The van der Waals surface area contributed by atoms with E-state index in [1.54, 1.807) is 23.5 Å². The van der Waals surface area contributed by atoms with Crippen molar-refractivity contribution < 1.29 is 9.18 Å². The number of nitrogens with one attached hydrogen (secondary N) is 1. The number of anilines is 1. The SMILES string of the molecule is O=C(Nc1ccc(F)cc1)N1Cc2c(sc3c2CCCC3)-n2cccc2[C@@H]1c1cccs1. The number of hydrogen-bond donors (Lipinski definition) is 1. The minimum Gasteiger partial charge on any atom is -0.310 e. The first kappa shape index (κ1) is 19.8. The number of carbonyl (C=O) groups is 1. The molecule has 2 aliphatic rings. The fraction of sp³-hybridized carbons (Fsp3) is 0.240. The molecule has 1 aromatic carbocycles. The van der Waals surface area contributed by atoms with Gasteiger partial charge in [0.15, 0.2) is 0 Å². The molecule has 4 heterocycles. The molecule has 2 amide bonds. The van der Waals surface area contributed by atoms with Crippen LogP contribution < -0.4 is 5.32 Å². The van der Waals surface area contributed by atoms with Crippen molar-refractivity contribution in [2.75, 3.05) is 5.32 Å². The number of hydrogen-bond acceptors (Lipinski definition) is 3. The molecule has 6 rings (SSSR count). The Labute approximate surface area is 193 Å². The molecule has 0 fully saturated rings. The van der Waals surface area contributed by atoms with Crippen LogP contribution in [0.15, 0.2) is 60.1 Å². The van der Waals surface area contributed by atoms with Gasteiger partial charge in [-0.05, 0) is 79.1 Å². The normalized spacial score (nSPS) is 17.3. The van der Waals surface area contributed by atoms with Gasteiger partial charge in [0, 0.05) is 27.2 Å². The average Bonchev–Trinajstić information content (AvgIpc) is 3.55. The minimum absolute atomic E-state index is 0.175. The average molecular weight is 464 g/mol. The summed E-state index contributed by atoms with van der Waals surface area (Å²) < 4.78 is 15.7. The van der Waals surface area contributed by atoms with Crippen molar-refractivity contribution in [1.29, 1.82) is 0 Å². The van der Waals surface area contributed by atoms with E-state index >= 15 is 0 Å². The highest BCUT2D eigenvalue weighted by Gasteiger charge is 2.36. The Balaban J connectivity index is 1.48. The number of nitrogens with zero attached hydrogens (tertiary/aromatic N) is 2. The lowest BCUT2D eigenvalue weighted by molar-refractivity contribution is 0.195. The Morgan fingerprint density at radius 2 is 1.88 bits per heavy atom. The van der Waals surface area contributed by atoms with Crippen LogP contribution in [0.5, 0.6) is 0 Å². The van der Waals surface area contributed by atoms with Gasteiger partial charge in [-0.1, -0.05) is 6.07 Å². The number of fused-ring (bicyclic) bond motifs is 5. The van der Waals surface area contributed by atoms with Gasteiger partial charge in [-0.15, -0.1) is 22.7 Å². The molecule has 0 saturated carbocycles. The molecule has 1 aliphatic carbocycles. The molecule has 3 aromatic heterocycles. The summed E-state index contributed by atoms with van der Waals surface area (Å²) in [6.07, 6.45) is 6.76. The van der Waals surface area contributed by atoms with Gasteiger partial charge in [0.2, 0.25) is 0 Å². The lowest BCUT2D eigenvalue weighted by atomic mass is 9.95. The number of carbonyl (C=O) groups excluding carboxylic acids is 1. The number of aromatic nitrogens is 1. The van der Waals surface area contributed by atoms with Crippen molar-refractivity contribution in [3.63, 3.8) is 0 Å². The van der Waals surface area contributed by atoms with Gasteiger partial charge in [-0.2, -0.15) is 0 Å². The van der Waals surface area contributed by atoms with Gasteiger partial charge in [-0.3, -0.25) is 0 Å². The lowest BCUT2D eigenvalue weighted by Crippen LogP contribution is -2.37. The third kappa shape index (κ3) is 3.27. The Bertz CT molecular complexity index is 1270. The molecule has 0 spiro atoms. The highest BCUT2D eigenvalue weighted by Crippen LogP contribution is 2.44. The zero-order chi connectivity index (χ0) is 21.7. The predicted octanol–water partition coefficient (Wildman–Crippen LogP) is 6.76. The Hall–Kier alpha value is -2.90. The van der Waals surface area contributed by atoms with Crippen molar-refractivity contribution >= 4 is 34.4 Å². The van der Waals surface area contributed by atoms with E-state index in [-0.39, 0.29) is 17.9 Å². The topological polar surface area (TPSA) is 37.3 Å². The molecule has 0 unspecified atom stereocenters. The number of urea groups is 1. The lowest BCUT2D eigenvalue weighted by Gasteiger charge is -2.30. The summed E-state index contributed by atoms with van der Waals surface area (Å²) in [6, 6.07) is 13.9. The first-order chi connectivity index (χ1) is 15.7. The highest BCUT2D eigenvalue weighted by atomic mass is 32.1. The minimum atomic E-state index is -0.318. The molecule has 32 heavy (non-hydrogen) atoms. The fourth-order valence-electron chi connectivity index (χ4n) is 4.86. The largest absolute Gasteiger partial charge is 0.323 e. The second-order valence-corrected chi connectivity index (χ2v) is 10.3. The van der Waals surface area contributed by atoms with Gasteiger partial charge < -0.3 is 14.8 Å². The van der Waals surface area contributed by atoms with Gasteiger partial charge in [0.05, 0.1) is 12.2 Å². The van der Waals surface area contributed by atoms with Crippen LogP contribution in [0, 0.1) is 5.82 Å². The van der Waals surface area contributed by atoms with Gasteiger partial charge in [-0.25, -0.2) is 9.18 Å². The summed E-state index contributed by atoms with van der Waals surface area (Å²) in [4.78, 5) is 18.2. The Kier molecular flexibility index (Phi) is 4.88. The third-order valence-corrected chi connectivity index (χ3v) is 8.61. The maximum atomic E-state index is 13.7. The summed E-state index contributed by atoms with van der Waals surface area (Å²) >= 11 is 3.55. The second kappa shape index (κ2) is 7.90. The van der Waals surface area contributed by atoms with Crippen molar-refractivity contribution in [3.05, 3.63) is 92.5 Å². The van der Waals surface area contributed by atoms with E-state index < -0.39 is 0 Å². The number of benzene rings is 1. The molecule has 4 nitrogen and oxygen atoms in total. The fourth-order valence-corrected chi connectivity index (χ4v) is 7.11. The predicted molar refractivity (Wildman–Crippen MR) is 127 cm³/mol. The van der Waals surface area contributed by atoms with Gasteiger partial charge in [0.25, 0.3) is 0 Å². The van der Waals surface area contributed by atoms with Crippen LogP contribution in [0.3, 0.4) is 0 Å². The molecule has 1 atom stereocenters. The van der Waals surface area contributed by atoms with Gasteiger partial charge >= 0.3 is 6.03 Å². The summed E-state index contributed by atoms with van der Waals surface area (Å²) in [5, 5.41) is 6.31. The van der Waals surface area contributed by atoms with Crippen LogP contribution in [0.1, 0.15) is 45.5 Å². The zero-order valence-corrected chi connectivity index (χ0v) is 19.0. The smallest absolute Gasteiger partial charge is 0.310 e. The van der Waals surface area contributed by atoms with E-state index in [2.05, 4.69) is 39.7 Å². The summed E-state index contributed by atoms with van der Waals surface area (Å²) in [6.45, 7) is 0.554. The van der Waals surface area contributed by atoms with E-state index in [9.17, 15) is 9.18 Å². The van der Waals surface area contributed by atoms with Crippen LogP contribution in [0.25, 0.3) is 5.00 Å². The third-order valence-electron chi connectivity index (χ3n) is 6.35. The molecule has 4 aromatic rings. The number of thiophene rings is 2. The summed E-state index contributed by atoms with van der Waals surface area (Å²) in [5.41, 5.74) is 4.39. The molecule has 7 heteroatoms. The molecule has 1 N–H and O–H groups in total. The van der Waals surface area contributed by atoms with E-state index in [0.29, 0.717) is 12.2 Å². The van der Waals surface area contributed by atoms with E-state index in [4.69, 9.17) is 0 Å². The van der Waals surface area contributed by atoms with Crippen molar-refractivity contribution in [2.45, 2.75) is 38.3 Å². The molecule has 0 bridgehead atoms. The van der Waals surface area contributed by atoms with Crippen LogP contribution in [-0.2, 0) is 19.4 Å². The molecular formula is C25H22FN3OS2. The number of aryl methyl sites for hydroxylation is 1. The Morgan fingerprint density at radius 3 is 2.69 bits per heavy atom. The zero-order valence-electron chi connectivity index (χ0n) is 17.4. The number of amides is 2. The van der Waals surface area contributed by atoms with E-state index in [1.807, 2.05) is 22.3 Å².